The van der Waals surface area contributed by atoms with Crippen molar-refractivity contribution in [1.82, 2.24) is 9.55 Å². The minimum atomic E-state index is -0.902. The van der Waals surface area contributed by atoms with E-state index in [1.807, 2.05) is 12.4 Å². The van der Waals surface area contributed by atoms with E-state index in [9.17, 15) is 4.79 Å². The molecule has 0 aliphatic heterocycles. The highest BCUT2D eigenvalue weighted by Gasteiger charge is 2.26. The van der Waals surface area contributed by atoms with E-state index in [4.69, 9.17) is 5.11 Å². The smallest absolute Gasteiger partial charge is 0.335 e. The van der Waals surface area contributed by atoms with Gasteiger partial charge in [0.15, 0.2) is 0 Å². The molecule has 1 N–H and O–H groups in total. The van der Waals surface area contributed by atoms with Gasteiger partial charge in [-0.15, -0.1) is 0 Å². The molecule has 1 aromatic carbocycles. The zero-order chi connectivity index (χ0) is 14.3. The monoisotopic (exact) mass is 272 g/mol. The van der Waals surface area contributed by atoms with E-state index >= 15 is 0 Å². The van der Waals surface area contributed by atoms with Gasteiger partial charge in [0.1, 0.15) is 0 Å². The van der Waals surface area contributed by atoms with Gasteiger partial charge >= 0.3 is 5.97 Å². The third-order valence-corrected chi connectivity index (χ3v) is 4.37. The number of carboxylic acid groups (broad SMARTS) is 1. The summed E-state index contributed by atoms with van der Waals surface area (Å²) < 4.78 is 2.23. The van der Waals surface area contributed by atoms with E-state index in [0.717, 1.165) is 22.9 Å². The highest BCUT2D eigenvalue weighted by atomic mass is 16.4. The average Bonchev–Trinajstić information content (AvgIpc) is 2.80. The van der Waals surface area contributed by atoms with Gasteiger partial charge in [-0.25, -0.2) is 9.78 Å². The number of fused-ring (bicyclic) bond motifs is 1. The number of aromatic carboxylic acids is 1. The zero-order valence-corrected chi connectivity index (χ0v) is 11.9. The summed E-state index contributed by atoms with van der Waals surface area (Å²) in [5.41, 5.74) is 2.12. The van der Waals surface area contributed by atoms with Crippen molar-refractivity contribution in [1.29, 1.82) is 0 Å². The molecule has 0 spiro atoms. The summed E-state index contributed by atoms with van der Waals surface area (Å²) in [6.45, 7) is 4.62. The molecule has 0 amide bonds. The summed E-state index contributed by atoms with van der Waals surface area (Å²) >= 11 is 0. The number of carboxylic acids is 1. The van der Waals surface area contributed by atoms with Crippen LogP contribution in [0.5, 0.6) is 0 Å². The van der Waals surface area contributed by atoms with Crippen LogP contribution in [0.3, 0.4) is 0 Å². The second-order valence-corrected chi connectivity index (χ2v) is 6.23. The van der Waals surface area contributed by atoms with Crippen molar-refractivity contribution >= 4 is 17.0 Å². The molecule has 2 atom stereocenters. The molecule has 0 saturated heterocycles. The Bertz CT molecular complexity index is 637. The Morgan fingerprint density at radius 1 is 1.25 bits per heavy atom. The summed E-state index contributed by atoms with van der Waals surface area (Å²) in [6, 6.07) is 5.69. The maximum absolute atomic E-state index is 11.0. The van der Waals surface area contributed by atoms with Gasteiger partial charge in [0, 0.05) is 6.04 Å². The second-order valence-electron chi connectivity index (χ2n) is 6.23. The van der Waals surface area contributed by atoms with Crippen LogP contribution < -0.4 is 0 Å². The van der Waals surface area contributed by atoms with E-state index in [2.05, 4.69) is 23.4 Å². The lowest BCUT2D eigenvalue weighted by Crippen LogP contribution is -2.22. The number of hydrogen-bond donors (Lipinski definition) is 1. The third kappa shape index (κ3) is 2.30. The highest BCUT2D eigenvalue weighted by Crippen LogP contribution is 2.37. The highest BCUT2D eigenvalue weighted by molar-refractivity contribution is 5.92. The van der Waals surface area contributed by atoms with Crippen LogP contribution in [-0.4, -0.2) is 20.6 Å². The van der Waals surface area contributed by atoms with Crippen molar-refractivity contribution in [3.05, 3.63) is 30.1 Å². The molecule has 1 aliphatic rings. The van der Waals surface area contributed by atoms with Crippen molar-refractivity contribution in [3.8, 4) is 0 Å². The summed E-state index contributed by atoms with van der Waals surface area (Å²) in [6.07, 6.45) is 5.52. The number of carbonyl (C=O) groups is 1. The second kappa shape index (κ2) is 4.93. The van der Waals surface area contributed by atoms with Crippen LogP contribution in [0.2, 0.25) is 0 Å². The van der Waals surface area contributed by atoms with Crippen LogP contribution in [0.1, 0.15) is 49.5 Å². The van der Waals surface area contributed by atoms with Gasteiger partial charge in [-0.05, 0) is 49.3 Å². The SMILES string of the molecule is CC1CC(C)CC(n2cnc3cc(C(=O)O)ccc32)C1. The maximum atomic E-state index is 11.0. The Labute approximate surface area is 118 Å². The van der Waals surface area contributed by atoms with Crippen molar-refractivity contribution in [3.63, 3.8) is 0 Å². The Hall–Kier alpha value is -1.84. The molecular weight excluding hydrogens is 252 g/mol. The van der Waals surface area contributed by atoms with Gasteiger partial charge in [0.05, 0.1) is 22.9 Å². The lowest BCUT2D eigenvalue weighted by Gasteiger charge is -2.32. The standard InChI is InChI=1S/C16H20N2O2/c1-10-5-11(2)7-13(6-10)18-9-17-14-8-12(16(19)20)3-4-15(14)18/h3-4,8-11,13H,5-7H2,1-2H3,(H,19,20). The quantitative estimate of drug-likeness (QED) is 0.906. The summed E-state index contributed by atoms with van der Waals surface area (Å²) in [4.78, 5) is 15.4. The molecule has 4 heteroatoms. The lowest BCUT2D eigenvalue weighted by molar-refractivity contribution is 0.0697. The molecule has 0 radical (unpaired) electrons. The average molecular weight is 272 g/mol. The Kier molecular flexibility index (Phi) is 3.24. The van der Waals surface area contributed by atoms with Crippen molar-refractivity contribution in [2.45, 2.75) is 39.2 Å². The Morgan fingerprint density at radius 2 is 1.95 bits per heavy atom. The van der Waals surface area contributed by atoms with Crippen molar-refractivity contribution in [2.24, 2.45) is 11.8 Å². The van der Waals surface area contributed by atoms with Crippen LogP contribution in [0, 0.1) is 11.8 Å². The van der Waals surface area contributed by atoms with Gasteiger partial charge < -0.3 is 9.67 Å². The molecule has 2 unspecified atom stereocenters. The largest absolute Gasteiger partial charge is 0.478 e. The number of nitrogens with zero attached hydrogens (tertiary/aromatic N) is 2. The molecule has 1 fully saturated rings. The summed E-state index contributed by atoms with van der Waals surface area (Å²) in [7, 11) is 0. The fraction of sp³-hybridized carbons (Fsp3) is 0.500. The Morgan fingerprint density at radius 3 is 2.60 bits per heavy atom. The predicted octanol–water partition coefficient (Wildman–Crippen LogP) is 3.73. The van der Waals surface area contributed by atoms with Crippen LogP contribution >= 0.6 is 0 Å². The normalized spacial score (nSPS) is 26.8. The fourth-order valence-electron chi connectivity index (χ4n) is 3.59. The van der Waals surface area contributed by atoms with Gasteiger partial charge in [0.2, 0.25) is 0 Å². The molecule has 1 heterocycles. The Balaban J connectivity index is 1.98. The fourth-order valence-corrected chi connectivity index (χ4v) is 3.59. The minimum Gasteiger partial charge on any atom is -0.478 e. The van der Waals surface area contributed by atoms with E-state index in [-0.39, 0.29) is 0 Å². The zero-order valence-electron chi connectivity index (χ0n) is 11.9. The molecule has 106 valence electrons. The van der Waals surface area contributed by atoms with Crippen molar-refractivity contribution in [2.75, 3.05) is 0 Å². The molecule has 1 aromatic heterocycles. The maximum Gasteiger partial charge on any atom is 0.335 e. The van der Waals surface area contributed by atoms with E-state index in [0.29, 0.717) is 11.6 Å². The minimum absolute atomic E-state index is 0.299. The first-order chi connectivity index (χ1) is 9.54. The summed E-state index contributed by atoms with van der Waals surface area (Å²) in [5.74, 6) is 0.570. The molecule has 1 aliphatic carbocycles. The first kappa shape index (κ1) is 13.2. The molecule has 0 bridgehead atoms. The molecule has 1 saturated carbocycles. The molecule has 3 rings (SSSR count). The number of benzene rings is 1. The molecule has 2 aromatic rings. The first-order valence-electron chi connectivity index (χ1n) is 7.24. The first-order valence-corrected chi connectivity index (χ1v) is 7.24. The molecular formula is C16H20N2O2. The van der Waals surface area contributed by atoms with E-state index in [1.54, 1.807) is 12.1 Å². The summed E-state index contributed by atoms with van der Waals surface area (Å²) in [5, 5.41) is 9.03. The molecule has 20 heavy (non-hydrogen) atoms. The van der Waals surface area contributed by atoms with Crippen LogP contribution in [0.25, 0.3) is 11.0 Å². The van der Waals surface area contributed by atoms with Gasteiger partial charge in [0.25, 0.3) is 0 Å². The van der Waals surface area contributed by atoms with Gasteiger partial charge in [-0.2, -0.15) is 0 Å². The third-order valence-electron chi connectivity index (χ3n) is 4.37. The van der Waals surface area contributed by atoms with Crippen LogP contribution in [-0.2, 0) is 0 Å². The van der Waals surface area contributed by atoms with Gasteiger partial charge in [-0.1, -0.05) is 13.8 Å². The number of rotatable bonds is 2. The number of imidazole rings is 1. The molecule has 4 nitrogen and oxygen atoms in total. The van der Waals surface area contributed by atoms with Crippen LogP contribution in [0.15, 0.2) is 24.5 Å². The van der Waals surface area contributed by atoms with E-state index in [1.165, 1.54) is 19.3 Å². The topological polar surface area (TPSA) is 55.1 Å². The van der Waals surface area contributed by atoms with Crippen LogP contribution in [0.4, 0.5) is 0 Å². The van der Waals surface area contributed by atoms with E-state index < -0.39 is 5.97 Å². The van der Waals surface area contributed by atoms with Gasteiger partial charge in [-0.3, -0.25) is 0 Å². The van der Waals surface area contributed by atoms with Crippen molar-refractivity contribution < 1.29 is 9.90 Å². The number of hydrogen-bond acceptors (Lipinski definition) is 2. The lowest BCUT2D eigenvalue weighted by atomic mass is 9.80. The number of aromatic nitrogens is 2. The predicted molar refractivity (Wildman–Crippen MR) is 77.9 cm³/mol.